The molecule has 0 bridgehead atoms. The van der Waals surface area contributed by atoms with Crippen molar-refractivity contribution in [1.29, 1.82) is 0 Å². The Kier molecular flexibility index (Phi) is 4.14. The summed E-state index contributed by atoms with van der Waals surface area (Å²) in [6.45, 7) is 1.06. The average molecular weight is 389 g/mol. The largest absolute Gasteiger partial charge is 0.486 e. The van der Waals surface area contributed by atoms with E-state index in [2.05, 4.69) is 10.3 Å². The number of amides is 1. The second kappa shape index (κ2) is 6.94. The molecule has 0 saturated carbocycles. The van der Waals surface area contributed by atoms with E-state index in [1.54, 1.807) is 12.3 Å². The van der Waals surface area contributed by atoms with Gasteiger partial charge in [0.2, 0.25) is 0 Å². The van der Waals surface area contributed by atoms with Crippen LogP contribution in [0.5, 0.6) is 11.5 Å². The molecule has 5 rings (SSSR count). The molecule has 0 spiro atoms. The fraction of sp³-hybridized carbons (Fsp3) is 0.0952. The van der Waals surface area contributed by atoms with Crippen molar-refractivity contribution in [3.8, 4) is 22.8 Å². The number of rotatable bonds is 3. The molecule has 0 aliphatic carbocycles. The van der Waals surface area contributed by atoms with Gasteiger partial charge in [-0.3, -0.25) is 10.1 Å². The minimum absolute atomic E-state index is 0.215. The molecule has 4 aromatic rings. The Labute approximate surface area is 164 Å². The number of nitrogens with zero attached hydrogens (tertiary/aromatic N) is 2. The number of aromatic nitrogens is 2. The van der Waals surface area contributed by atoms with Gasteiger partial charge < -0.3 is 9.47 Å². The van der Waals surface area contributed by atoms with Gasteiger partial charge in [0.1, 0.15) is 13.2 Å². The van der Waals surface area contributed by atoms with Crippen LogP contribution in [-0.2, 0) is 0 Å². The van der Waals surface area contributed by atoms with E-state index in [1.165, 1.54) is 11.3 Å². The van der Waals surface area contributed by atoms with Crippen molar-refractivity contribution in [3.63, 3.8) is 0 Å². The third-order valence-electron chi connectivity index (χ3n) is 4.45. The van der Waals surface area contributed by atoms with Crippen LogP contribution in [0.3, 0.4) is 0 Å². The lowest BCUT2D eigenvalue weighted by atomic mass is 10.0. The molecule has 0 unspecified atom stereocenters. The second-order valence-electron chi connectivity index (χ2n) is 6.22. The summed E-state index contributed by atoms with van der Waals surface area (Å²) in [7, 11) is 0. The van der Waals surface area contributed by atoms with Gasteiger partial charge >= 0.3 is 0 Å². The Balaban J connectivity index is 1.61. The van der Waals surface area contributed by atoms with E-state index in [9.17, 15) is 4.79 Å². The Morgan fingerprint density at radius 2 is 1.89 bits per heavy atom. The van der Waals surface area contributed by atoms with E-state index in [-0.39, 0.29) is 5.91 Å². The van der Waals surface area contributed by atoms with Crippen LogP contribution in [0.4, 0.5) is 5.13 Å². The Hall–Kier alpha value is -3.45. The predicted molar refractivity (Wildman–Crippen MR) is 108 cm³/mol. The highest BCUT2D eigenvalue weighted by molar-refractivity contribution is 7.13. The molecule has 0 fully saturated rings. The van der Waals surface area contributed by atoms with E-state index in [4.69, 9.17) is 14.5 Å². The SMILES string of the molecule is O=C(Nc1nccs1)c1cc(-c2ccc3c(c2)OCCO3)nc2ccccc12. The van der Waals surface area contributed by atoms with E-state index in [0.717, 1.165) is 22.2 Å². The number of carbonyl (C=O) groups is 1. The zero-order valence-electron chi connectivity index (χ0n) is 14.7. The molecule has 3 heterocycles. The van der Waals surface area contributed by atoms with Gasteiger partial charge in [0.05, 0.1) is 16.8 Å². The van der Waals surface area contributed by atoms with Crippen molar-refractivity contribution >= 4 is 33.3 Å². The van der Waals surface area contributed by atoms with Gasteiger partial charge in [0, 0.05) is 22.5 Å². The van der Waals surface area contributed by atoms with Crippen molar-refractivity contribution in [3.05, 3.63) is 65.7 Å². The third kappa shape index (κ3) is 3.05. The van der Waals surface area contributed by atoms with Gasteiger partial charge in [0.15, 0.2) is 16.6 Å². The summed E-state index contributed by atoms with van der Waals surface area (Å²) < 4.78 is 11.3. The van der Waals surface area contributed by atoms with E-state index in [0.29, 0.717) is 35.4 Å². The van der Waals surface area contributed by atoms with Gasteiger partial charge in [-0.1, -0.05) is 18.2 Å². The molecule has 6 nitrogen and oxygen atoms in total. The van der Waals surface area contributed by atoms with Gasteiger partial charge in [-0.05, 0) is 30.3 Å². The summed E-state index contributed by atoms with van der Waals surface area (Å²) in [5.41, 5.74) is 2.85. The summed E-state index contributed by atoms with van der Waals surface area (Å²) in [6.07, 6.45) is 1.66. The monoisotopic (exact) mass is 389 g/mol. The molecule has 1 amide bonds. The Bertz CT molecular complexity index is 1170. The zero-order valence-corrected chi connectivity index (χ0v) is 15.5. The molecule has 28 heavy (non-hydrogen) atoms. The predicted octanol–water partition coefficient (Wildman–Crippen LogP) is 4.38. The van der Waals surface area contributed by atoms with Crippen LogP contribution in [-0.4, -0.2) is 29.1 Å². The summed E-state index contributed by atoms with van der Waals surface area (Å²) in [5.74, 6) is 1.19. The first-order chi connectivity index (χ1) is 13.8. The van der Waals surface area contributed by atoms with Crippen molar-refractivity contribution < 1.29 is 14.3 Å². The van der Waals surface area contributed by atoms with E-state index >= 15 is 0 Å². The maximum Gasteiger partial charge on any atom is 0.258 e. The lowest BCUT2D eigenvalue weighted by Gasteiger charge is -2.19. The highest BCUT2D eigenvalue weighted by Crippen LogP contribution is 2.35. The zero-order chi connectivity index (χ0) is 18.9. The second-order valence-corrected chi connectivity index (χ2v) is 7.12. The highest BCUT2D eigenvalue weighted by atomic mass is 32.1. The highest BCUT2D eigenvalue weighted by Gasteiger charge is 2.17. The number of hydrogen-bond acceptors (Lipinski definition) is 6. The first kappa shape index (κ1) is 16.7. The van der Waals surface area contributed by atoms with Crippen LogP contribution in [0.1, 0.15) is 10.4 Å². The normalized spacial score (nSPS) is 12.7. The minimum Gasteiger partial charge on any atom is -0.486 e. The van der Waals surface area contributed by atoms with Crippen molar-refractivity contribution in [2.75, 3.05) is 18.5 Å². The Morgan fingerprint density at radius 3 is 2.75 bits per heavy atom. The lowest BCUT2D eigenvalue weighted by Crippen LogP contribution is -2.15. The summed E-state index contributed by atoms with van der Waals surface area (Å²) in [5, 5.41) is 6.03. The van der Waals surface area contributed by atoms with E-state index < -0.39 is 0 Å². The lowest BCUT2D eigenvalue weighted by molar-refractivity contribution is 0.102. The standard InChI is InChI=1S/C21H15N3O3S/c25-20(24-21-22-7-10-28-21)15-12-17(23-16-4-2-1-3-14(15)16)13-5-6-18-19(11-13)27-9-8-26-18/h1-7,10-12H,8-9H2,(H,22,24,25). The minimum atomic E-state index is -0.215. The molecule has 1 aliphatic rings. The molecule has 1 aliphatic heterocycles. The molecule has 0 radical (unpaired) electrons. The first-order valence-corrected chi connectivity index (χ1v) is 9.66. The number of para-hydroxylation sites is 1. The third-order valence-corrected chi connectivity index (χ3v) is 5.14. The van der Waals surface area contributed by atoms with Crippen LogP contribution in [0.2, 0.25) is 0 Å². The molecule has 2 aromatic heterocycles. The molecule has 2 aromatic carbocycles. The maximum atomic E-state index is 12.9. The number of carbonyl (C=O) groups excluding carboxylic acids is 1. The number of pyridine rings is 1. The van der Waals surface area contributed by atoms with Crippen LogP contribution < -0.4 is 14.8 Å². The number of hydrogen-bond donors (Lipinski definition) is 1. The van der Waals surface area contributed by atoms with Gasteiger partial charge in [0.25, 0.3) is 5.91 Å². The molecule has 0 atom stereocenters. The number of anilines is 1. The summed E-state index contributed by atoms with van der Waals surface area (Å²) in [6, 6.07) is 15.1. The van der Waals surface area contributed by atoms with Crippen molar-refractivity contribution in [2.24, 2.45) is 0 Å². The molecule has 7 heteroatoms. The van der Waals surface area contributed by atoms with Gasteiger partial charge in [-0.2, -0.15) is 0 Å². The number of benzene rings is 2. The number of thiazole rings is 1. The molecular weight excluding hydrogens is 374 g/mol. The quantitative estimate of drug-likeness (QED) is 0.563. The molecule has 1 N–H and O–H groups in total. The first-order valence-electron chi connectivity index (χ1n) is 8.78. The van der Waals surface area contributed by atoms with Crippen LogP contribution >= 0.6 is 11.3 Å². The van der Waals surface area contributed by atoms with Gasteiger partial charge in [-0.15, -0.1) is 11.3 Å². The van der Waals surface area contributed by atoms with E-state index in [1.807, 2.05) is 47.8 Å². The number of ether oxygens (including phenoxy) is 2. The van der Waals surface area contributed by atoms with Crippen LogP contribution in [0.15, 0.2) is 60.1 Å². The smallest absolute Gasteiger partial charge is 0.258 e. The molecule has 138 valence electrons. The fourth-order valence-corrected chi connectivity index (χ4v) is 3.69. The van der Waals surface area contributed by atoms with Crippen LogP contribution in [0.25, 0.3) is 22.2 Å². The fourth-order valence-electron chi connectivity index (χ4n) is 3.16. The molecular formula is C21H15N3O3S. The summed E-state index contributed by atoms with van der Waals surface area (Å²) in [4.78, 5) is 21.8. The van der Waals surface area contributed by atoms with Crippen LogP contribution in [0, 0.1) is 0 Å². The summed E-state index contributed by atoms with van der Waals surface area (Å²) >= 11 is 1.38. The number of nitrogens with one attached hydrogen (secondary N) is 1. The maximum absolute atomic E-state index is 12.9. The van der Waals surface area contributed by atoms with Crippen molar-refractivity contribution in [2.45, 2.75) is 0 Å². The topological polar surface area (TPSA) is 73.3 Å². The average Bonchev–Trinajstić information content (AvgIpc) is 3.25. The Morgan fingerprint density at radius 1 is 1.04 bits per heavy atom. The van der Waals surface area contributed by atoms with Gasteiger partial charge in [-0.25, -0.2) is 9.97 Å². The number of fused-ring (bicyclic) bond motifs is 2. The molecule has 0 saturated heterocycles. The van der Waals surface area contributed by atoms with Crippen molar-refractivity contribution in [1.82, 2.24) is 9.97 Å².